The third-order valence-electron chi connectivity index (χ3n) is 7.00. The number of Topliss-reactive ketones (excluding diaryl/α,β-unsaturated/α-hetero) is 1. The van der Waals surface area contributed by atoms with Crippen molar-refractivity contribution >= 4 is 28.7 Å². The highest BCUT2D eigenvalue weighted by Gasteiger charge is 2.41. The maximum atomic E-state index is 12.8. The Bertz CT molecular complexity index is 969. The molecule has 4 heterocycles. The second-order valence-corrected chi connectivity index (χ2v) is 8.94. The molecule has 1 saturated heterocycles. The number of ketones is 1. The van der Waals surface area contributed by atoms with Crippen LogP contribution in [0.1, 0.15) is 68.3 Å². The van der Waals surface area contributed by atoms with E-state index in [0.29, 0.717) is 19.4 Å². The van der Waals surface area contributed by atoms with Crippen LogP contribution in [0.15, 0.2) is 12.3 Å². The van der Waals surface area contributed by atoms with E-state index < -0.39 is 5.54 Å². The SMILES string of the molecule is NC1(C(=O)Nc2ncc3cc4n(c3n2)C2(CCCCC2)CCC4=O)CCCNC1. The molecule has 2 aromatic rings. The van der Waals surface area contributed by atoms with E-state index in [1.165, 1.54) is 19.3 Å². The average Bonchev–Trinajstić information content (AvgIpc) is 3.13. The van der Waals surface area contributed by atoms with Gasteiger partial charge in [-0.3, -0.25) is 14.9 Å². The molecule has 29 heavy (non-hydrogen) atoms. The molecule has 1 spiro atoms. The lowest BCUT2D eigenvalue weighted by Crippen LogP contribution is -2.60. The minimum Gasteiger partial charge on any atom is -0.316 e. The van der Waals surface area contributed by atoms with Gasteiger partial charge in [-0.1, -0.05) is 19.3 Å². The zero-order valence-electron chi connectivity index (χ0n) is 16.7. The number of nitrogens with two attached hydrogens (primary N) is 1. The zero-order valence-corrected chi connectivity index (χ0v) is 16.7. The Labute approximate surface area is 169 Å². The molecule has 5 rings (SSSR count). The Balaban J connectivity index is 1.53. The number of nitrogens with one attached hydrogen (secondary N) is 2. The molecular formula is C21H28N6O2. The van der Waals surface area contributed by atoms with Gasteiger partial charge >= 0.3 is 0 Å². The normalized spacial score (nSPS) is 26.4. The summed E-state index contributed by atoms with van der Waals surface area (Å²) in [5.74, 6) is 0.152. The number of piperidine rings is 1. The van der Waals surface area contributed by atoms with Crippen molar-refractivity contribution < 1.29 is 9.59 Å². The first-order chi connectivity index (χ1) is 14.0. The van der Waals surface area contributed by atoms with Crippen molar-refractivity contribution in [2.75, 3.05) is 18.4 Å². The van der Waals surface area contributed by atoms with E-state index in [1.807, 2.05) is 6.07 Å². The summed E-state index contributed by atoms with van der Waals surface area (Å²) in [7, 11) is 0. The number of anilines is 1. The van der Waals surface area contributed by atoms with Crippen LogP contribution in [0, 0.1) is 0 Å². The lowest BCUT2D eigenvalue weighted by Gasteiger charge is -2.42. The number of fused-ring (bicyclic) bond motifs is 4. The Morgan fingerprint density at radius 2 is 2.00 bits per heavy atom. The van der Waals surface area contributed by atoms with Gasteiger partial charge in [0.2, 0.25) is 11.9 Å². The first-order valence-electron chi connectivity index (χ1n) is 10.7. The van der Waals surface area contributed by atoms with Crippen LogP contribution in [0.4, 0.5) is 5.95 Å². The lowest BCUT2D eigenvalue weighted by molar-refractivity contribution is -0.121. The standard InChI is InChI=1S/C21H28N6O2/c22-21(8-4-10-23-13-21)18(29)26-19-24-12-14-11-15-16(28)5-9-20(6-2-1-3-7-20)27(15)17(14)25-19/h11-12,23H,1-10,13,22H2,(H,24,25,26,29). The van der Waals surface area contributed by atoms with Gasteiger partial charge in [0, 0.05) is 30.1 Å². The van der Waals surface area contributed by atoms with E-state index in [9.17, 15) is 9.59 Å². The van der Waals surface area contributed by atoms with Crippen LogP contribution in [-0.2, 0) is 10.3 Å². The van der Waals surface area contributed by atoms with Crippen molar-refractivity contribution in [2.24, 2.45) is 5.73 Å². The maximum absolute atomic E-state index is 12.8. The van der Waals surface area contributed by atoms with Gasteiger partial charge in [-0.2, -0.15) is 4.98 Å². The van der Waals surface area contributed by atoms with E-state index in [4.69, 9.17) is 10.7 Å². The van der Waals surface area contributed by atoms with E-state index in [0.717, 1.165) is 49.0 Å². The van der Waals surface area contributed by atoms with Gasteiger partial charge in [-0.15, -0.1) is 0 Å². The topological polar surface area (TPSA) is 115 Å². The summed E-state index contributed by atoms with van der Waals surface area (Å²) in [6.45, 7) is 1.32. The Kier molecular flexibility index (Phi) is 4.43. The lowest BCUT2D eigenvalue weighted by atomic mass is 9.75. The molecule has 2 aromatic heterocycles. The molecule has 1 unspecified atom stereocenters. The van der Waals surface area contributed by atoms with Gasteiger partial charge < -0.3 is 15.6 Å². The molecule has 2 aliphatic heterocycles. The van der Waals surface area contributed by atoms with E-state index >= 15 is 0 Å². The highest BCUT2D eigenvalue weighted by Crippen LogP contribution is 2.45. The van der Waals surface area contributed by atoms with Crippen LogP contribution in [0.5, 0.6) is 0 Å². The molecule has 0 radical (unpaired) electrons. The monoisotopic (exact) mass is 396 g/mol. The number of carbonyl (C=O) groups is 2. The fourth-order valence-corrected chi connectivity index (χ4v) is 5.35. The quantitative estimate of drug-likeness (QED) is 0.716. The molecule has 154 valence electrons. The van der Waals surface area contributed by atoms with Gasteiger partial charge in [0.05, 0.1) is 5.69 Å². The van der Waals surface area contributed by atoms with Crippen LogP contribution >= 0.6 is 0 Å². The van der Waals surface area contributed by atoms with E-state index in [1.54, 1.807) is 6.20 Å². The summed E-state index contributed by atoms with van der Waals surface area (Å²) in [5, 5.41) is 6.85. The number of hydrogen-bond donors (Lipinski definition) is 3. The van der Waals surface area contributed by atoms with Gasteiger partial charge in [0.25, 0.3) is 0 Å². The molecule has 4 N–H and O–H groups in total. The molecule has 3 aliphatic rings. The highest BCUT2D eigenvalue weighted by molar-refractivity contribution is 6.01. The zero-order chi connectivity index (χ0) is 20.1. The van der Waals surface area contributed by atoms with E-state index in [2.05, 4.69) is 20.2 Å². The molecule has 2 fully saturated rings. The maximum Gasteiger partial charge on any atom is 0.248 e. The molecule has 8 heteroatoms. The predicted octanol–water partition coefficient (Wildman–Crippen LogP) is 2.09. The predicted molar refractivity (Wildman–Crippen MR) is 110 cm³/mol. The van der Waals surface area contributed by atoms with Gasteiger partial charge in [0.1, 0.15) is 11.2 Å². The average molecular weight is 396 g/mol. The first kappa shape index (κ1) is 18.7. The number of rotatable bonds is 2. The molecule has 8 nitrogen and oxygen atoms in total. The van der Waals surface area contributed by atoms with Gasteiger partial charge in [-0.25, -0.2) is 4.98 Å². The highest BCUT2D eigenvalue weighted by atomic mass is 16.2. The minimum absolute atomic E-state index is 0.0404. The third kappa shape index (κ3) is 3.05. The first-order valence-corrected chi connectivity index (χ1v) is 10.7. The second kappa shape index (κ2) is 6.88. The Morgan fingerprint density at radius 3 is 2.76 bits per heavy atom. The van der Waals surface area contributed by atoms with Crippen LogP contribution in [-0.4, -0.2) is 44.9 Å². The number of amides is 1. The van der Waals surface area contributed by atoms with Crippen LogP contribution < -0.4 is 16.4 Å². The van der Waals surface area contributed by atoms with Crippen molar-refractivity contribution in [3.05, 3.63) is 18.0 Å². The molecule has 1 aliphatic carbocycles. The van der Waals surface area contributed by atoms with Crippen molar-refractivity contribution in [2.45, 2.75) is 68.9 Å². The summed E-state index contributed by atoms with van der Waals surface area (Å²) >= 11 is 0. The van der Waals surface area contributed by atoms with E-state index in [-0.39, 0.29) is 23.2 Å². The van der Waals surface area contributed by atoms with Gasteiger partial charge in [-0.05, 0) is 44.7 Å². The number of hydrogen-bond acceptors (Lipinski definition) is 6. The summed E-state index contributed by atoms with van der Waals surface area (Å²) in [5.41, 5.74) is 6.79. The van der Waals surface area contributed by atoms with Crippen LogP contribution in [0.25, 0.3) is 11.0 Å². The molecule has 1 amide bonds. The molecule has 0 bridgehead atoms. The molecule has 1 atom stereocenters. The second-order valence-electron chi connectivity index (χ2n) is 8.94. The van der Waals surface area contributed by atoms with Crippen LogP contribution in [0.3, 0.4) is 0 Å². The van der Waals surface area contributed by atoms with Crippen molar-refractivity contribution in [1.29, 1.82) is 0 Å². The Morgan fingerprint density at radius 1 is 1.17 bits per heavy atom. The third-order valence-corrected chi connectivity index (χ3v) is 7.00. The number of carbonyl (C=O) groups excluding carboxylic acids is 2. The van der Waals surface area contributed by atoms with Crippen molar-refractivity contribution in [3.8, 4) is 0 Å². The number of aromatic nitrogens is 3. The molecular weight excluding hydrogens is 368 g/mol. The largest absolute Gasteiger partial charge is 0.316 e. The van der Waals surface area contributed by atoms with Crippen molar-refractivity contribution in [3.63, 3.8) is 0 Å². The number of nitrogens with zero attached hydrogens (tertiary/aromatic N) is 3. The summed E-state index contributed by atoms with van der Waals surface area (Å²) in [4.78, 5) is 34.4. The van der Waals surface area contributed by atoms with Crippen molar-refractivity contribution in [1.82, 2.24) is 19.9 Å². The summed E-state index contributed by atoms with van der Waals surface area (Å²) in [6.07, 6.45) is 10.4. The Hall–Kier alpha value is -2.32. The van der Waals surface area contributed by atoms with Crippen LogP contribution in [0.2, 0.25) is 0 Å². The van der Waals surface area contributed by atoms with Gasteiger partial charge in [0.15, 0.2) is 5.78 Å². The molecule has 0 aromatic carbocycles. The summed E-state index contributed by atoms with van der Waals surface area (Å²) < 4.78 is 2.16. The molecule has 1 saturated carbocycles. The fraction of sp³-hybridized carbons (Fsp3) is 0.619. The smallest absolute Gasteiger partial charge is 0.248 e. The summed E-state index contributed by atoms with van der Waals surface area (Å²) in [6, 6.07) is 1.91. The fourth-order valence-electron chi connectivity index (χ4n) is 5.35. The minimum atomic E-state index is -0.949.